The van der Waals surface area contributed by atoms with E-state index < -0.39 is 12.0 Å². The number of benzene rings is 1. The zero-order chi connectivity index (χ0) is 15.2. The summed E-state index contributed by atoms with van der Waals surface area (Å²) in [5, 5.41) is 12.1. The minimum absolute atomic E-state index is 0.500. The zero-order valence-electron chi connectivity index (χ0n) is 12.3. The van der Waals surface area contributed by atoms with Crippen molar-refractivity contribution in [3.63, 3.8) is 0 Å². The van der Waals surface area contributed by atoms with Gasteiger partial charge in [0.05, 0.1) is 10.7 Å². The number of likely N-dealkylation sites (N-methyl/N-ethyl adjacent to an activating group) is 1. The van der Waals surface area contributed by atoms with Crippen molar-refractivity contribution >= 4 is 17.3 Å². The smallest absolute Gasteiger partial charge is 0.320 e. The topological polar surface area (TPSA) is 53.4 Å². The van der Waals surface area contributed by atoms with E-state index in [1.807, 2.05) is 30.6 Å². The molecule has 21 heavy (non-hydrogen) atoms. The molecule has 4 nitrogen and oxygen atoms in total. The Balaban J connectivity index is 1.88. The van der Waals surface area contributed by atoms with Gasteiger partial charge in [-0.15, -0.1) is 11.3 Å². The third kappa shape index (κ3) is 4.65. The molecular weight excluding hydrogens is 284 g/mol. The minimum Gasteiger partial charge on any atom is -0.480 e. The van der Waals surface area contributed by atoms with Gasteiger partial charge >= 0.3 is 5.97 Å². The van der Waals surface area contributed by atoms with Crippen molar-refractivity contribution in [3.05, 3.63) is 52.0 Å². The molecule has 1 unspecified atom stereocenters. The first kappa shape index (κ1) is 15.7. The van der Waals surface area contributed by atoms with Crippen LogP contribution in [0, 0.1) is 0 Å². The van der Waals surface area contributed by atoms with E-state index in [2.05, 4.69) is 17.1 Å². The highest BCUT2D eigenvalue weighted by Gasteiger charge is 2.17. The predicted molar refractivity (Wildman–Crippen MR) is 84.5 cm³/mol. The molecule has 1 aromatic carbocycles. The van der Waals surface area contributed by atoms with Crippen molar-refractivity contribution in [2.75, 3.05) is 7.05 Å². The fourth-order valence-electron chi connectivity index (χ4n) is 2.01. The van der Waals surface area contributed by atoms with E-state index in [1.54, 1.807) is 23.2 Å². The quantitative estimate of drug-likeness (QED) is 0.854. The number of carboxylic acid groups (broad SMARTS) is 1. The van der Waals surface area contributed by atoms with E-state index in [1.165, 1.54) is 5.56 Å². The van der Waals surface area contributed by atoms with E-state index in [0.29, 0.717) is 6.54 Å². The maximum absolute atomic E-state index is 10.9. The second-order valence-electron chi connectivity index (χ2n) is 5.15. The number of aromatic nitrogens is 1. The van der Waals surface area contributed by atoms with Crippen LogP contribution in [0.5, 0.6) is 0 Å². The fraction of sp³-hybridized carbons (Fsp3) is 0.375. The summed E-state index contributed by atoms with van der Waals surface area (Å²) in [4.78, 5) is 17.3. The van der Waals surface area contributed by atoms with E-state index in [4.69, 9.17) is 5.11 Å². The van der Waals surface area contributed by atoms with Crippen LogP contribution < -0.4 is 0 Å². The highest BCUT2D eigenvalue weighted by atomic mass is 32.1. The molecule has 1 N–H and O–H groups in total. The maximum atomic E-state index is 10.9. The summed E-state index contributed by atoms with van der Waals surface area (Å²) in [6.45, 7) is 2.25. The number of carbonyl (C=O) groups is 1. The summed E-state index contributed by atoms with van der Waals surface area (Å²) >= 11 is 1.65. The summed E-state index contributed by atoms with van der Waals surface area (Å²) in [6.07, 6.45) is 1.90. The van der Waals surface area contributed by atoms with Gasteiger partial charge in [-0.3, -0.25) is 9.69 Å². The highest BCUT2D eigenvalue weighted by molar-refractivity contribution is 7.09. The second-order valence-corrected chi connectivity index (χ2v) is 6.09. The van der Waals surface area contributed by atoms with Crippen LogP contribution in [0.4, 0.5) is 0 Å². The monoisotopic (exact) mass is 304 g/mol. The summed E-state index contributed by atoms with van der Waals surface area (Å²) in [6, 6.07) is 9.85. The van der Waals surface area contributed by atoms with E-state index >= 15 is 0 Å². The maximum Gasteiger partial charge on any atom is 0.320 e. The van der Waals surface area contributed by atoms with Crippen molar-refractivity contribution in [2.24, 2.45) is 0 Å². The number of hydrogen-bond acceptors (Lipinski definition) is 4. The molecule has 0 fully saturated rings. The van der Waals surface area contributed by atoms with Gasteiger partial charge in [0, 0.05) is 18.3 Å². The van der Waals surface area contributed by atoms with Crippen LogP contribution in [-0.2, 0) is 24.2 Å². The average Bonchev–Trinajstić information content (AvgIpc) is 2.92. The summed E-state index contributed by atoms with van der Waals surface area (Å²) in [5.74, 6) is -0.808. The number of carboxylic acids is 1. The first-order valence-electron chi connectivity index (χ1n) is 6.96. The molecule has 0 aliphatic heterocycles. The predicted octanol–water partition coefficient (Wildman–Crippen LogP) is 2.83. The zero-order valence-corrected chi connectivity index (χ0v) is 13.1. The molecule has 0 aliphatic carbocycles. The van der Waals surface area contributed by atoms with Gasteiger partial charge in [0.15, 0.2) is 0 Å². The summed E-state index contributed by atoms with van der Waals surface area (Å²) in [7, 11) is 1.81. The van der Waals surface area contributed by atoms with Crippen molar-refractivity contribution in [2.45, 2.75) is 32.4 Å². The Kier molecular flexibility index (Phi) is 5.47. The number of thiazole rings is 1. The molecule has 1 heterocycles. The molecule has 2 rings (SSSR count). The molecule has 0 saturated carbocycles. The van der Waals surface area contributed by atoms with Gasteiger partial charge in [-0.1, -0.05) is 30.3 Å². The average molecular weight is 304 g/mol. The Morgan fingerprint density at radius 2 is 2.05 bits per heavy atom. The molecular formula is C16H20N2O2S. The SMILES string of the molecule is CC(C(=O)O)N(C)Cc1csc(CCc2ccccc2)n1. The Labute approximate surface area is 129 Å². The molecule has 112 valence electrons. The molecule has 1 aromatic heterocycles. The molecule has 5 heteroatoms. The molecule has 0 saturated heterocycles. The van der Waals surface area contributed by atoms with Crippen molar-refractivity contribution in [3.8, 4) is 0 Å². The Hall–Kier alpha value is -1.72. The fourth-order valence-corrected chi connectivity index (χ4v) is 2.80. The van der Waals surface area contributed by atoms with Gasteiger partial charge < -0.3 is 5.11 Å². The number of aliphatic carboxylic acids is 1. The molecule has 2 aromatic rings. The molecule has 0 spiro atoms. The second kappa shape index (κ2) is 7.33. The van der Waals surface area contributed by atoms with Gasteiger partial charge in [-0.05, 0) is 26.0 Å². The Morgan fingerprint density at radius 1 is 1.33 bits per heavy atom. The lowest BCUT2D eigenvalue weighted by molar-refractivity contribution is -0.142. The van der Waals surface area contributed by atoms with Gasteiger partial charge in [-0.2, -0.15) is 0 Å². The summed E-state index contributed by atoms with van der Waals surface area (Å²) in [5.41, 5.74) is 2.25. The lowest BCUT2D eigenvalue weighted by Crippen LogP contribution is -2.35. The first-order valence-corrected chi connectivity index (χ1v) is 7.84. The molecule has 0 radical (unpaired) electrons. The van der Waals surface area contributed by atoms with Crippen LogP contribution in [0.1, 0.15) is 23.2 Å². The van der Waals surface area contributed by atoms with Crippen LogP contribution in [0.15, 0.2) is 35.7 Å². The largest absolute Gasteiger partial charge is 0.480 e. The Bertz CT molecular complexity index is 583. The highest BCUT2D eigenvalue weighted by Crippen LogP contribution is 2.15. The number of hydrogen-bond donors (Lipinski definition) is 1. The van der Waals surface area contributed by atoms with Crippen LogP contribution in [-0.4, -0.2) is 34.0 Å². The molecule has 0 amide bonds. The number of aryl methyl sites for hydroxylation is 2. The normalized spacial score (nSPS) is 12.5. The van der Waals surface area contributed by atoms with E-state index in [9.17, 15) is 4.79 Å². The van der Waals surface area contributed by atoms with E-state index in [-0.39, 0.29) is 0 Å². The van der Waals surface area contributed by atoms with Crippen LogP contribution in [0.25, 0.3) is 0 Å². The summed E-state index contributed by atoms with van der Waals surface area (Å²) < 4.78 is 0. The molecule has 0 aliphatic rings. The van der Waals surface area contributed by atoms with Crippen molar-refractivity contribution in [1.82, 2.24) is 9.88 Å². The minimum atomic E-state index is -0.808. The number of rotatable bonds is 7. The van der Waals surface area contributed by atoms with Gasteiger partial charge in [0.1, 0.15) is 6.04 Å². The third-order valence-corrected chi connectivity index (χ3v) is 4.46. The van der Waals surface area contributed by atoms with Gasteiger partial charge in [-0.25, -0.2) is 4.98 Å². The van der Waals surface area contributed by atoms with Crippen LogP contribution in [0.2, 0.25) is 0 Å². The van der Waals surface area contributed by atoms with Crippen molar-refractivity contribution < 1.29 is 9.90 Å². The molecule has 0 bridgehead atoms. The van der Waals surface area contributed by atoms with Gasteiger partial charge in [0.2, 0.25) is 0 Å². The number of nitrogens with zero attached hydrogens (tertiary/aromatic N) is 2. The van der Waals surface area contributed by atoms with Crippen LogP contribution >= 0.6 is 11.3 Å². The van der Waals surface area contributed by atoms with Crippen molar-refractivity contribution in [1.29, 1.82) is 0 Å². The lowest BCUT2D eigenvalue weighted by atomic mass is 10.1. The standard InChI is InChI=1S/C16H20N2O2S/c1-12(16(19)20)18(2)10-14-11-21-15(17-14)9-8-13-6-4-3-5-7-13/h3-7,11-12H,8-10H2,1-2H3,(H,19,20). The first-order chi connectivity index (χ1) is 10.1. The lowest BCUT2D eigenvalue weighted by Gasteiger charge is -2.19. The van der Waals surface area contributed by atoms with E-state index in [0.717, 1.165) is 23.5 Å². The van der Waals surface area contributed by atoms with Crippen LogP contribution in [0.3, 0.4) is 0 Å². The van der Waals surface area contributed by atoms with Gasteiger partial charge in [0.25, 0.3) is 0 Å². The Morgan fingerprint density at radius 3 is 2.71 bits per heavy atom. The third-order valence-electron chi connectivity index (χ3n) is 3.50. The molecule has 1 atom stereocenters.